The fourth-order valence-electron chi connectivity index (χ4n) is 2.86. The van der Waals surface area contributed by atoms with Gasteiger partial charge >= 0.3 is 0 Å². The third-order valence-corrected chi connectivity index (χ3v) is 5.21. The lowest BCUT2D eigenvalue weighted by Crippen LogP contribution is -2.53. The van der Waals surface area contributed by atoms with E-state index in [-0.39, 0.29) is 5.91 Å². The molecule has 0 saturated carbocycles. The van der Waals surface area contributed by atoms with Crippen molar-refractivity contribution in [2.75, 3.05) is 51.6 Å². The quantitative estimate of drug-likeness (QED) is 0.490. The number of aliphatic imine (C=N–C) groups is 1. The van der Waals surface area contributed by atoms with Crippen LogP contribution in [0.4, 0.5) is 5.13 Å². The van der Waals surface area contributed by atoms with Crippen LogP contribution >= 0.6 is 11.3 Å². The summed E-state index contributed by atoms with van der Waals surface area (Å²) in [6, 6.07) is 8.14. The molecule has 25 heavy (non-hydrogen) atoms. The summed E-state index contributed by atoms with van der Waals surface area (Å²) >= 11 is 1.66. The summed E-state index contributed by atoms with van der Waals surface area (Å²) < 4.78 is 1.19. The number of nitrogens with one attached hydrogen (secondary N) is 2. The first-order valence-corrected chi connectivity index (χ1v) is 9.29. The first-order chi connectivity index (χ1) is 12.2. The zero-order chi connectivity index (χ0) is 17.6. The van der Waals surface area contributed by atoms with E-state index in [2.05, 4.69) is 31.6 Å². The lowest BCUT2D eigenvalue weighted by molar-refractivity contribution is -0.130. The lowest BCUT2D eigenvalue weighted by atomic mass is 10.3. The molecule has 2 heterocycles. The second-order valence-electron chi connectivity index (χ2n) is 5.88. The number of nitrogens with zero attached hydrogens (tertiary/aromatic N) is 4. The molecular weight excluding hydrogens is 336 g/mol. The fraction of sp³-hybridized carbons (Fsp3) is 0.471. The Bertz CT molecular complexity index is 717. The van der Waals surface area contributed by atoms with Crippen molar-refractivity contribution in [2.45, 2.75) is 6.92 Å². The molecular formula is C17H24N6OS. The lowest BCUT2D eigenvalue weighted by Gasteiger charge is -2.36. The number of benzene rings is 1. The minimum atomic E-state index is 0.141. The van der Waals surface area contributed by atoms with Crippen LogP contribution in [0.15, 0.2) is 29.3 Å². The van der Waals surface area contributed by atoms with Crippen LogP contribution in [0.5, 0.6) is 0 Å². The smallest absolute Gasteiger partial charge is 0.219 e. The van der Waals surface area contributed by atoms with Gasteiger partial charge in [-0.2, -0.15) is 0 Å². The average molecular weight is 360 g/mol. The highest BCUT2D eigenvalue weighted by Gasteiger charge is 2.20. The van der Waals surface area contributed by atoms with Crippen molar-refractivity contribution in [3.8, 4) is 0 Å². The van der Waals surface area contributed by atoms with E-state index in [1.165, 1.54) is 4.70 Å². The molecule has 1 saturated heterocycles. The Morgan fingerprint density at radius 1 is 1.20 bits per heavy atom. The summed E-state index contributed by atoms with van der Waals surface area (Å²) in [6.07, 6.45) is 0. The number of carbonyl (C=O) groups is 1. The Balaban J connectivity index is 1.43. The van der Waals surface area contributed by atoms with E-state index >= 15 is 0 Å². The summed E-state index contributed by atoms with van der Waals surface area (Å²) in [5.41, 5.74) is 1.03. The Morgan fingerprint density at radius 3 is 2.60 bits per heavy atom. The van der Waals surface area contributed by atoms with Crippen molar-refractivity contribution >= 4 is 38.6 Å². The zero-order valence-corrected chi connectivity index (χ0v) is 15.5. The van der Waals surface area contributed by atoms with Crippen molar-refractivity contribution in [3.05, 3.63) is 24.3 Å². The molecule has 3 rings (SSSR count). The molecule has 134 valence electrons. The Morgan fingerprint density at radius 2 is 1.92 bits per heavy atom. The normalized spacial score (nSPS) is 15.5. The van der Waals surface area contributed by atoms with Gasteiger partial charge in [0.15, 0.2) is 11.1 Å². The summed E-state index contributed by atoms with van der Waals surface area (Å²) in [7, 11) is 1.79. The van der Waals surface area contributed by atoms with Gasteiger partial charge in [0.05, 0.1) is 10.2 Å². The van der Waals surface area contributed by atoms with E-state index in [0.29, 0.717) is 0 Å². The predicted octanol–water partition coefficient (Wildman–Crippen LogP) is 1.45. The van der Waals surface area contributed by atoms with Crippen LogP contribution in [0.2, 0.25) is 0 Å². The molecule has 1 amide bonds. The maximum Gasteiger partial charge on any atom is 0.219 e. The molecule has 1 aliphatic heterocycles. The summed E-state index contributed by atoms with van der Waals surface area (Å²) in [5, 5.41) is 7.67. The summed E-state index contributed by atoms with van der Waals surface area (Å²) in [5.74, 6) is 1.02. The Labute approximate surface area is 151 Å². The Hall–Kier alpha value is -2.35. The number of para-hydroxylation sites is 1. The number of guanidine groups is 1. The molecule has 0 radical (unpaired) electrons. The topological polar surface area (TPSA) is 72.9 Å². The van der Waals surface area contributed by atoms with Gasteiger partial charge in [-0.1, -0.05) is 23.5 Å². The molecule has 2 N–H and O–H groups in total. The highest BCUT2D eigenvalue weighted by atomic mass is 32.1. The second kappa shape index (κ2) is 8.15. The number of amides is 1. The molecule has 1 aromatic heterocycles. The van der Waals surface area contributed by atoms with E-state index < -0.39 is 0 Å². The first-order valence-electron chi connectivity index (χ1n) is 8.48. The number of aromatic nitrogens is 1. The highest BCUT2D eigenvalue weighted by molar-refractivity contribution is 7.22. The number of anilines is 1. The van der Waals surface area contributed by atoms with Crippen molar-refractivity contribution in [2.24, 2.45) is 4.99 Å². The molecule has 0 aliphatic carbocycles. The minimum absolute atomic E-state index is 0.141. The molecule has 1 aliphatic rings. The number of piperazine rings is 1. The van der Waals surface area contributed by atoms with E-state index in [1.54, 1.807) is 25.3 Å². The molecule has 2 aromatic rings. The van der Waals surface area contributed by atoms with E-state index in [0.717, 1.165) is 55.9 Å². The van der Waals surface area contributed by atoms with Gasteiger partial charge < -0.3 is 20.4 Å². The maximum absolute atomic E-state index is 11.4. The van der Waals surface area contributed by atoms with Crippen LogP contribution in [-0.2, 0) is 4.79 Å². The van der Waals surface area contributed by atoms with Gasteiger partial charge in [0, 0.05) is 53.2 Å². The van der Waals surface area contributed by atoms with Gasteiger partial charge in [-0.25, -0.2) is 4.98 Å². The number of carbonyl (C=O) groups excluding carboxylic acids is 1. The molecule has 0 spiro atoms. The van der Waals surface area contributed by atoms with Crippen molar-refractivity contribution in [3.63, 3.8) is 0 Å². The molecule has 0 atom stereocenters. The monoisotopic (exact) mass is 360 g/mol. The van der Waals surface area contributed by atoms with Crippen LogP contribution in [0.3, 0.4) is 0 Å². The largest absolute Gasteiger partial charge is 0.360 e. The molecule has 1 fully saturated rings. The third kappa shape index (κ3) is 4.39. The number of hydrogen-bond donors (Lipinski definition) is 2. The van der Waals surface area contributed by atoms with Crippen LogP contribution in [-0.4, -0.2) is 73.0 Å². The average Bonchev–Trinajstić information content (AvgIpc) is 3.05. The molecule has 0 bridgehead atoms. The zero-order valence-electron chi connectivity index (χ0n) is 14.7. The molecule has 7 nitrogen and oxygen atoms in total. The standard InChI is InChI=1S/C17H24N6OS/c1-13(24)22-9-11-23(12-10-22)16(18-2)19-7-8-20-17-21-14-5-3-4-6-15(14)25-17/h3-6H,7-12H2,1-2H3,(H,18,19)(H,20,21). The van der Waals surface area contributed by atoms with Gasteiger partial charge in [0.2, 0.25) is 5.91 Å². The van der Waals surface area contributed by atoms with Gasteiger partial charge in [-0.3, -0.25) is 9.79 Å². The molecule has 1 aromatic carbocycles. The molecule has 8 heteroatoms. The van der Waals surface area contributed by atoms with Gasteiger partial charge in [-0.05, 0) is 12.1 Å². The fourth-order valence-corrected chi connectivity index (χ4v) is 3.75. The summed E-state index contributed by atoms with van der Waals surface area (Å²) in [4.78, 5) is 24.4. The SMILES string of the molecule is CN=C(NCCNc1nc2ccccc2s1)N1CCN(C(C)=O)CC1. The maximum atomic E-state index is 11.4. The molecule has 0 unspecified atom stereocenters. The number of thiazole rings is 1. The minimum Gasteiger partial charge on any atom is -0.360 e. The van der Waals surface area contributed by atoms with E-state index in [4.69, 9.17) is 0 Å². The highest BCUT2D eigenvalue weighted by Crippen LogP contribution is 2.24. The number of hydrogen-bond acceptors (Lipinski definition) is 5. The van der Waals surface area contributed by atoms with Crippen molar-refractivity contribution < 1.29 is 4.79 Å². The van der Waals surface area contributed by atoms with Crippen LogP contribution in [0.1, 0.15) is 6.92 Å². The van der Waals surface area contributed by atoms with Crippen LogP contribution < -0.4 is 10.6 Å². The van der Waals surface area contributed by atoms with Gasteiger partial charge in [0.1, 0.15) is 0 Å². The predicted molar refractivity (Wildman–Crippen MR) is 103 cm³/mol. The second-order valence-corrected chi connectivity index (χ2v) is 6.91. The van der Waals surface area contributed by atoms with Crippen LogP contribution in [0, 0.1) is 0 Å². The van der Waals surface area contributed by atoms with Gasteiger partial charge in [-0.15, -0.1) is 0 Å². The number of rotatable bonds is 4. The number of fused-ring (bicyclic) bond motifs is 1. The third-order valence-electron chi connectivity index (χ3n) is 4.21. The first kappa shape index (κ1) is 17.5. The van der Waals surface area contributed by atoms with Crippen molar-refractivity contribution in [1.82, 2.24) is 20.1 Å². The van der Waals surface area contributed by atoms with Gasteiger partial charge in [0.25, 0.3) is 0 Å². The van der Waals surface area contributed by atoms with E-state index in [9.17, 15) is 4.79 Å². The van der Waals surface area contributed by atoms with E-state index in [1.807, 2.05) is 23.1 Å². The Kier molecular flexibility index (Phi) is 5.70. The van der Waals surface area contributed by atoms with Crippen molar-refractivity contribution in [1.29, 1.82) is 0 Å². The van der Waals surface area contributed by atoms with Crippen LogP contribution in [0.25, 0.3) is 10.2 Å². The summed E-state index contributed by atoms with van der Waals surface area (Å²) in [6.45, 7) is 6.27.